The van der Waals surface area contributed by atoms with Gasteiger partial charge in [-0.25, -0.2) is 4.68 Å². The van der Waals surface area contributed by atoms with Crippen LogP contribution in [-0.4, -0.2) is 21.0 Å². The van der Waals surface area contributed by atoms with Crippen molar-refractivity contribution < 1.29 is 0 Å². The van der Waals surface area contributed by atoms with Crippen molar-refractivity contribution in [2.24, 2.45) is 0 Å². The first-order chi connectivity index (χ1) is 7.29. The first-order valence-electron chi connectivity index (χ1n) is 4.58. The van der Waals surface area contributed by atoms with Crippen LogP contribution in [0.1, 0.15) is 5.56 Å². The minimum absolute atomic E-state index is 0.461. The van der Waals surface area contributed by atoms with E-state index in [-0.39, 0.29) is 0 Å². The number of rotatable bonds is 3. The molecule has 0 unspecified atom stereocenters. The molecule has 0 aliphatic heterocycles. The molecule has 1 aromatic carbocycles. The van der Waals surface area contributed by atoms with Gasteiger partial charge in [-0.15, -0.1) is 5.10 Å². The summed E-state index contributed by atoms with van der Waals surface area (Å²) in [4.78, 5) is 4.12. The van der Waals surface area contributed by atoms with Gasteiger partial charge in [0.25, 0.3) is 0 Å². The molecule has 15 heavy (non-hydrogen) atoms. The van der Waals surface area contributed by atoms with Gasteiger partial charge in [0, 0.05) is 0 Å². The van der Waals surface area contributed by atoms with Gasteiger partial charge in [-0.3, -0.25) is 0 Å². The Morgan fingerprint density at radius 3 is 2.67 bits per heavy atom. The Balaban J connectivity index is 2.21. The van der Waals surface area contributed by atoms with Gasteiger partial charge in [-0.05, 0) is 11.8 Å². The van der Waals surface area contributed by atoms with Crippen molar-refractivity contribution in [3.8, 4) is 0 Å². The molecule has 0 bridgehead atoms. The average Bonchev–Trinajstić information content (AvgIpc) is 2.61. The van der Waals surface area contributed by atoms with E-state index in [2.05, 4.69) is 10.1 Å². The highest BCUT2D eigenvalue weighted by molar-refractivity contribution is 7.98. The van der Waals surface area contributed by atoms with Crippen molar-refractivity contribution in [1.82, 2.24) is 14.8 Å². The van der Waals surface area contributed by atoms with E-state index < -0.39 is 0 Å². The SMILES string of the molecule is CSc1nc(N)n(Cc2ccccc2)n1. The van der Waals surface area contributed by atoms with Crippen LogP contribution < -0.4 is 5.73 Å². The maximum absolute atomic E-state index is 5.74. The van der Waals surface area contributed by atoms with Gasteiger partial charge in [0.15, 0.2) is 0 Å². The summed E-state index contributed by atoms with van der Waals surface area (Å²) in [5.41, 5.74) is 6.91. The smallest absolute Gasteiger partial charge is 0.219 e. The summed E-state index contributed by atoms with van der Waals surface area (Å²) in [6, 6.07) is 10.1. The van der Waals surface area contributed by atoms with E-state index in [4.69, 9.17) is 5.73 Å². The Morgan fingerprint density at radius 1 is 1.33 bits per heavy atom. The molecular formula is C10H12N4S. The van der Waals surface area contributed by atoms with Gasteiger partial charge in [0.05, 0.1) is 6.54 Å². The third kappa shape index (κ3) is 2.30. The maximum Gasteiger partial charge on any atom is 0.219 e. The fraction of sp³-hybridized carbons (Fsp3) is 0.200. The standard InChI is InChI=1S/C10H12N4S/c1-15-10-12-9(11)14(13-10)7-8-5-3-2-4-6-8/h2-6H,7H2,1H3,(H2,11,12,13). The molecule has 0 saturated carbocycles. The van der Waals surface area contributed by atoms with Crippen LogP contribution in [0.2, 0.25) is 0 Å². The number of nitrogens with zero attached hydrogens (tertiary/aromatic N) is 3. The molecule has 0 atom stereocenters. The predicted octanol–water partition coefficient (Wildman–Crippen LogP) is 1.63. The molecule has 0 spiro atoms. The molecular weight excluding hydrogens is 208 g/mol. The quantitative estimate of drug-likeness (QED) is 0.799. The molecule has 2 rings (SSSR count). The Morgan fingerprint density at radius 2 is 2.07 bits per heavy atom. The van der Waals surface area contributed by atoms with E-state index in [0.717, 1.165) is 0 Å². The molecule has 1 heterocycles. The van der Waals surface area contributed by atoms with E-state index in [9.17, 15) is 0 Å². The van der Waals surface area contributed by atoms with Crippen LogP contribution >= 0.6 is 11.8 Å². The Bertz CT molecular complexity index is 438. The molecule has 2 N–H and O–H groups in total. The second-order valence-corrected chi connectivity index (χ2v) is 3.87. The first-order valence-corrected chi connectivity index (χ1v) is 5.80. The summed E-state index contributed by atoms with van der Waals surface area (Å²) < 4.78 is 1.71. The number of anilines is 1. The molecule has 4 nitrogen and oxygen atoms in total. The average molecular weight is 220 g/mol. The lowest BCUT2D eigenvalue weighted by Gasteiger charge is -2.01. The van der Waals surface area contributed by atoms with Crippen LogP contribution in [0.3, 0.4) is 0 Å². The van der Waals surface area contributed by atoms with Crippen LogP contribution in [0.4, 0.5) is 5.95 Å². The molecule has 0 amide bonds. The number of nitrogen functional groups attached to an aromatic ring is 1. The van der Waals surface area contributed by atoms with Crippen molar-refractivity contribution in [3.05, 3.63) is 35.9 Å². The van der Waals surface area contributed by atoms with Crippen LogP contribution in [0, 0.1) is 0 Å². The van der Waals surface area contributed by atoms with E-state index in [0.29, 0.717) is 17.6 Å². The lowest BCUT2D eigenvalue weighted by atomic mass is 10.2. The highest BCUT2D eigenvalue weighted by Crippen LogP contribution is 2.12. The summed E-state index contributed by atoms with van der Waals surface area (Å²) in [6.07, 6.45) is 1.93. The number of benzene rings is 1. The van der Waals surface area contributed by atoms with Gasteiger partial charge in [-0.1, -0.05) is 42.1 Å². The zero-order valence-corrected chi connectivity index (χ0v) is 9.24. The molecule has 1 aromatic heterocycles. The van der Waals surface area contributed by atoms with Crippen molar-refractivity contribution in [3.63, 3.8) is 0 Å². The molecule has 2 aromatic rings. The first kappa shape index (κ1) is 10.0. The number of thioether (sulfide) groups is 1. The van der Waals surface area contributed by atoms with Crippen molar-refractivity contribution in [1.29, 1.82) is 0 Å². The van der Waals surface area contributed by atoms with E-state index in [1.54, 1.807) is 4.68 Å². The third-order valence-corrected chi connectivity index (χ3v) is 2.58. The predicted molar refractivity (Wildman–Crippen MR) is 61.8 cm³/mol. The molecule has 0 radical (unpaired) electrons. The number of aromatic nitrogens is 3. The van der Waals surface area contributed by atoms with Crippen LogP contribution in [0.15, 0.2) is 35.5 Å². The molecule has 5 heteroatoms. The van der Waals surface area contributed by atoms with Gasteiger partial charge in [0.1, 0.15) is 0 Å². The minimum Gasteiger partial charge on any atom is -0.368 e. The van der Waals surface area contributed by atoms with Crippen LogP contribution in [0.5, 0.6) is 0 Å². The highest BCUT2D eigenvalue weighted by Gasteiger charge is 2.05. The van der Waals surface area contributed by atoms with Gasteiger partial charge in [-0.2, -0.15) is 4.98 Å². The normalized spacial score (nSPS) is 10.5. The fourth-order valence-electron chi connectivity index (χ4n) is 1.29. The van der Waals surface area contributed by atoms with Gasteiger partial charge < -0.3 is 5.73 Å². The molecule has 78 valence electrons. The molecule has 0 aliphatic rings. The zero-order valence-electron chi connectivity index (χ0n) is 8.42. The molecule has 0 aliphatic carbocycles. The lowest BCUT2D eigenvalue weighted by Crippen LogP contribution is -2.06. The van der Waals surface area contributed by atoms with E-state index in [1.165, 1.54) is 17.3 Å². The molecule has 0 saturated heterocycles. The fourth-order valence-corrected chi connectivity index (χ4v) is 1.66. The van der Waals surface area contributed by atoms with Gasteiger partial charge in [0.2, 0.25) is 11.1 Å². The summed E-state index contributed by atoms with van der Waals surface area (Å²) in [5.74, 6) is 0.461. The lowest BCUT2D eigenvalue weighted by molar-refractivity contribution is 0.675. The highest BCUT2D eigenvalue weighted by atomic mass is 32.2. The largest absolute Gasteiger partial charge is 0.368 e. The molecule has 0 fully saturated rings. The van der Waals surface area contributed by atoms with E-state index in [1.807, 2.05) is 36.6 Å². The van der Waals surface area contributed by atoms with Crippen molar-refractivity contribution in [2.45, 2.75) is 11.7 Å². The number of hydrogen-bond acceptors (Lipinski definition) is 4. The zero-order chi connectivity index (χ0) is 10.7. The minimum atomic E-state index is 0.461. The van der Waals surface area contributed by atoms with E-state index >= 15 is 0 Å². The second-order valence-electron chi connectivity index (χ2n) is 3.10. The summed E-state index contributed by atoms with van der Waals surface area (Å²) in [6.45, 7) is 0.667. The maximum atomic E-state index is 5.74. The van der Waals surface area contributed by atoms with Crippen molar-refractivity contribution >= 4 is 17.7 Å². The Labute approximate surface area is 92.5 Å². The summed E-state index contributed by atoms with van der Waals surface area (Å²) >= 11 is 1.49. The van der Waals surface area contributed by atoms with Crippen LogP contribution in [0.25, 0.3) is 0 Å². The Kier molecular flexibility index (Phi) is 2.91. The van der Waals surface area contributed by atoms with Crippen molar-refractivity contribution in [2.75, 3.05) is 12.0 Å². The number of nitrogens with two attached hydrogens (primary N) is 1. The summed E-state index contributed by atoms with van der Waals surface area (Å²) in [7, 11) is 0. The number of hydrogen-bond donors (Lipinski definition) is 1. The Hall–Kier alpha value is -1.49. The second kappa shape index (κ2) is 4.35. The topological polar surface area (TPSA) is 56.7 Å². The van der Waals surface area contributed by atoms with Gasteiger partial charge >= 0.3 is 0 Å². The van der Waals surface area contributed by atoms with Crippen LogP contribution in [-0.2, 0) is 6.54 Å². The third-order valence-electron chi connectivity index (χ3n) is 2.04. The monoisotopic (exact) mass is 220 g/mol. The summed E-state index contributed by atoms with van der Waals surface area (Å²) in [5, 5.41) is 4.98.